The number of hydrogen-bond donors (Lipinski definition) is 1. The molecule has 0 fully saturated rings. The van der Waals surface area contributed by atoms with Gasteiger partial charge in [-0.15, -0.1) is 12.1 Å². The molecule has 0 aliphatic rings. The van der Waals surface area contributed by atoms with E-state index in [1.807, 2.05) is 61.5 Å². The van der Waals surface area contributed by atoms with E-state index in [1.54, 1.807) is 0 Å². The number of anilines is 1. The van der Waals surface area contributed by atoms with E-state index < -0.39 is 5.63 Å². The molecule has 4 rings (SSSR count). The third kappa shape index (κ3) is 6.10. The SMILES string of the molecule is CC(=O)C=C(C)O.CN(C)c1ccc2[c-]c(-c3nc4ccccc4s3)c(=O)oc2c1.[Ir]. The first-order chi connectivity index (χ1) is 14.2. The molecule has 2 aromatic carbocycles. The second kappa shape index (κ2) is 10.5. The number of aliphatic hydroxyl groups is 1. The molecule has 0 amide bonds. The molecular formula is C23H21IrN2O4S-. The van der Waals surface area contributed by atoms with Crippen LogP contribution in [-0.2, 0) is 24.9 Å². The molecule has 0 aliphatic heterocycles. The molecule has 2 aromatic heterocycles. The van der Waals surface area contributed by atoms with Crippen LogP contribution in [0.1, 0.15) is 13.8 Å². The van der Waals surface area contributed by atoms with Crippen molar-refractivity contribution in [2.24, 2.45) is 0 Å². The van der Waals surface area contributed by atoms with Crippen molar-refractivity contribution in [3.05, 3.63) is 70.8 Å². The predicted molar refractivity (Wildman–Crippen MR) is 121 cm³/mol. The summed E-state index contributed by atoms with van der Waals surface area (Å²) in [6, 6.07) is 16.7. The third-order valence-electron chi connectivity index (χ3n) is 4.07. The average molecular weight is 614 g/mol. The van der Waals surface area contributed by atoms with E-state index in [9.17, 15) is 9.59 Å². The number of carbonyl (C=O) groups is 1. The molecule has 6 nitrogen and oxygen atoms in total. The van der Waals surface area contributed by atoms with Crippen LogP contribution < -0.4 is 10.5 Å². The van der Waals surface area contributed by atoms with Crippen molar-refractivity contribution in [3.8, 4) is 10.6 Å². The monoisotopic (exact) mass is 614 g/mol. The molecule has 0 aliphatic carbocycles. The number of aliphatic hydroxyl groups excluding tert-OH is 1. The number of carbonyl (C=O) groups excluding carboxylic acids is 1. The summed E-state index contributed by atoms with van der Waals surface area (Å²) < 4.78 is 6.53. The number of allylic oxidation sites excluding steroid dienone is 2. The fourth-order valence-corrected chi connectivity index (χ4v) is 3.68. The summed E-state index contributed by atoms with van der Waals surface area (Å²) in [6.07, 6.45) is 1.17. The van der Waals surface area contributed by atoms with Crippen molar-refractivity contribution in [1.82, 2.24) is 4.98 Å². The van der Waals surface area contributed by atoms with Crippen molar-refractivity contribution in [2.75, 3.05) is 19.0 Å². The number of nitrogens with zero attached hydrogens (tertiary/aromatic N) is 2. The molecule has 0 saturated carbocycles. The largest absolute Gasteiger partial charge is 0.512 e. The quantitative estimate of drug-likeness (QED) is 0.152. The first-order valence-corrected chi connectivity index (χ1v) is 9.97. The summed E-state index contributed by atoms with van der Waals surface area (Å²) in [7, 11) is 3.89. The zero-order valence-electron chi connectivity index (χ0n) is 17.4. The van der Waals surface area contributed by atoms with Crippen molar-refractivity contribution in [3.63, 3.8) is 0 Å². The van der Waals surface area contributed by atoms with Gasteiger partial charge in [0, 0.05) is 50.7 Å². The van der Waals surface area contributed by atoms with E-state index in [0.29, 0.717) is 16.2 Å². The van der Waals surface area contributed by atoms with Gasteiger partial charge in [-0.25, -0.2) is 0 Å². The van der Waals surface area contributed by atoms with E-state index in [4.69, 9.17) is 9.52 Å². The zero-order valence-corrected chi connectivity index (χ0v) is 20.6. The topological polar surface area (TPSA) is 83.6 Å². The normalized spacial score (nSPS) is 10.9. The van der Waals surface area contributed by atoms with Crippen molar-refractivity contribution < 1.29 is 34.4 Å². The summed E-state index contributed by atoms with van der Waals surface area (Å²) in [6.45, 7) is 2.85. The van der Waals surface area contributed by atoms with Crippen LogP contribution in [-0.4, -0.2) is 30.0 Å². The predicted octanol–water partition coefficient (Wildman–Crippen LogP) is 4.97. The Balaban J connectivity index is 0.000000373. The smallest absolute Gasteiger partial charge is 0.269 e. The van der Waals surface area contributed by atoms with Gasteiger partial charge in [0.1, 0.15) is 0 Å². The van der Waals surface area contributed by atoms with Crippen LogP contribution in [0.4, 0.5) is 5.69 Å². The number of fused-ring (bicyclic) bond motifs is 2. The molecule has 8 heteroatoms. The van der Waals surface area contributed by atoms with Gasteiger partial charge in [0.2, 0.25) is 0 Å². The zero-order chi connectivity index (χ0) is 21.8. The molecule has 31 heavy (non-hydrogen) atoms. The third-order valence-corrected chi connectivity index (χ3v) is 5.12. The summed E-state index contributed by atoms with van der Waals surface area (Å²) >= 11 is 1.47. The molecule has 0 spiro atoms. The second-order valence-corrected chi connectivity index (χ2v) is 7.88. The molecule has 163 valence electrons. The number of hydrogen-bond acceptors (Lipinski definition) is 7. The molecule has 1 N–H and O–H groups in total. The number of rotatable bonds is 3. The molecule has 0 atom stereocenters. The standard InChI is InChI=1S/C18H13N2O2S.C5H8O2.Ir/c1-20(2)12-8-7-11-9-13(18(21)22-15(11)10-12)17-19-14-5-3-4-6-16(14)23-17;1-4(6)3-5(2)7;/h3-8,10H,1-2H3;3,6H,1-2H3;/q-1;;. The average Bonchev–Trinajstić information content (AvgIpc) is 3.10. The maximum Gasteiger partial charge on any atom is 0.269 e. The van der Waals surface area contributed by atoms with Gasteiger partial charge < -0.3 is 14.4 Å². The Morgan fingerprint density at radius 1 is 1.19 bits per heavy atom. The first-order valence-electron chi connectivity index (χ1n) is 9.16. The summed E-state index contributed by atoms with van der Waals surface area (Å²) in [5.41, 5.74) is 2.36. The fraction of sp³-hybridized carbons (Fsp3) is 0.174. The van der Waals surface area contributed by atoms with E-state index >= 15 is 0 Å². The van der Waals surface area contributed by atoms with Gasteiger partial charge in [-0.1, -0.05) is 23.6 Å². The molecule has 1 radical (unpaired) electrons. The second-order valence-electron chi connectivity index (χ2n) is 6.85. The molecule has 2 heterocycles. The van der Waals surface area contributed by atoms with Gasteiger partial charge in [0.15, 0.2) is 5.78 Å². The van der Waals surface area contributed by atoms with Gasteiger partial charge in [0.05, 0.1) is 21.9 Å². The summed E-state index contributed by atoms with van der Waals surface area (Å²) in [5, 5.41) is 9.77. The van der Waals surface area contributed by atoms with Gasteiger partial charge in [0.25, 0.3) is 5.63 Å². The minimum atomic E-state index is -0.410. The summed E-state index contributed by atoms with van der Waals surface area (Å²) in [5.74, 6) is -0.0625. The summed E-state index contributed by atoms with van der Waals surface area (Å²) in [4.78, 5) is 28.8. The van der Waals surface area contributed by atoms with Crippen molar-refractivity contribution in [1.29, 1.82) is 0 Å². The van der Waals surface area contributed by atoms with E-state index in [-0.39, 0.29) is 31.6 Å². The fourth-order valence-electron chi connectivity index (χ4n) is 2.73. The number of ketones is 1. The number of benzene rings is 2. The minimum absolute atomic E-state index is 0. The molecular weight excluding hydrogens is 593 g/mol. The van der Waals surface area contributed by atoms with Crippen LogP contribution in [0.25, 0.3) is 31.8 Å². The van der Waals surface area contributed by atoms with Crippen LogP contribution >= 0.6 is 11.3 Å². The Bertz CT molecular complexity index is 1270. The van der Waals surface area contributed by atoms with E-state index in [1.165, 1.54) is 31.3 Å². The molecule has 0 saturated heterocycles. The van der Waals surface area contributed by atoms with Crippen LogP contribution in [0.2, 0.25) is 0 Å². The van der Waals surface area contributed by atoms with Crippen molar-refractivity contribution in [2.45, 2.75) is 13.8 Å². The molecule has 0 unspecified atom stereocenters. The Morgan fingerprint density at radius 3 is 2.48 bits per heavy atom. The van der Waals surface area contributed by atoms with Gasteiger partial charge >= 0.3 is 0 Å². The minimum Gasteiger partial charge on any atom is -0.512 e. The van der Waals surface area contributed by atoms with Crippen LogP contribution in [0, 0.1) is 6.07 Å². The van der Waals surface area contributed by atoms with Crippen LogP contribution in [0.5, 0.6) is 0 Å². The number of thiazole rings is 1. The van der Waals surface area contributed by atoms with Gasteiger partial charge in [-0.05, 0) is 37.6 Å². The maximum absolute atomic E-state index is 12.3. The molecule has 0 bridgehead atoms. The first kappa shape index (κ1) is 24.5. The van der Waals surface area contributed by atoms with Crippen LogP contribution in [0.15, 0.2) is 63.5 Å². The Hall–Kier alpha value is -2.80. The maximum atomic E-state index is 12.3. The Kier molecular flexibility index (Phi) is 8.28. The van der Waals surface area contributed by atoms with E-state index in [0.717, 1.165) is 21.3 Å². The van der Waals surface area contributed by atoms with Gasteiger partial charge in [-0.2, -0.15) is 11.3 Å². The van der Waals surface area contributed by atoms with Crippen LogP contribution in [0.3, 0.4) is 0 Å². The Labute approximate surface area is 197 Å². The number of para-hydroxylation sites is 1. The Morgan fingerprint density at radius 2 is 1.90 bits per heavy atom. The van der Waals surface area contributed by atoms with Crippen molar-refractivity contribution >= 4 is 44.0 Å². The number of aromatic nitrogens is 1. The molecule has 4 aromatic rings. The van der Waals surface area contributed by atoms with E-state index in [2.05, 4.69) is 11.1 Å². The van der Waals surface area contributed by atoms with Gasteiger partial charge in [-0.3, -0.25) is 14.6 Å².